The molecule has 1 saturated heterocycles. The van der Waals surface area contributed by atoms with Crippen LogP contribution in [0.25, 0.3) is 10.9 Å². The van der Waals surface area contributed by atoms with Crippen molar-refractivity contribution in [2.75, 3.05) is 13.1 Å². The van der Waals surface area contributed by atoms with Crippen LogP contribution in [0.15, 0.2) is 23.0 Å². The van der Waals surface area contributed by atoms with Crippen molar-refractivity contribution in [2.24, 2.45) is 0 Å². The van der Waals surface area contributed by atoms with Gasteiger partial charge in [-0.1, -0.05) is 25.0 Å². The number of hydrogen-bond donors (Lipinski definition) is 1. The topological polar surface area (TPSA) is 79.7 Å². The van der Waals surface area contributed by atoms with Crippen LogP contribution in [0.2, 0.25) is 0 Å². The monoisotopic (exact) mass is 408 g/mol. The van der Waals surface area contributed by atoms with Crippen LogP contribution in [0.5, 0.6) is 0 Å². The van der Waals surface area contributed by atoms with Gasteiger partial charge in [-0.25, -0.2) is 4.68 Å². The number of rotatable bonds is 5. The van der Waals surface area contributed by atoms with E-state index >= 15 is 0 Å². The van der Waals surface area contributed by atoms with Gasteiger partial charge in [0.15, 0.2) is 5.82 Å². The molecule has 1 unspecified atom stereocenters. The molecule has 7 heteroatoms. The summed E-state index contributed by atoms with van der Waals surface area (Å²) in [6.45, 7) is 12.4. The number of nitrogens with one attached hydrogen (secondary N) is 1. The Labute approximate surface area is 177 Å². The highest BCUT2D eigenvalue weighted by Gasteiger charge is 2.34. The molecule has 0 bridgehead atoms. The van der Waals surface area contributed by atoms with Crippen molar-refractivity contribution in [2.45, 2.75) is 71.9 Å². The number of nitrogens with zero attached hydrogens (tertiary/aromatic N) is 5. The van der Waals surface area contributed by atoms with E-state index in [9.17, 15) is 4.79 Å². The maximum absolute atomic E-state index is 13.3. The van der Waals surface area contributed by atoms with Gasteiger partial charge < -0.3 is 4.98 Å². The number of likely N-dealkylation sites (tertiary alicyclic amines) is 1. The number of aryl methyl sites for hydroxylation is 2. The number of H-pyrrole nitrogens is 1. The van der Waals surface area contributed by atoms with Gasteiger partial charge in [-0.3, -0.25) is 9.69 Å². The summed E-state index contributed by atoms with van der Waals surface area (Å²) in [7, 11) is 0. The second-order valence-corrected chi connectivity index (χ2v) is 9.21. The van der Waals surface area contributed by atoms with Gasteiger partial charge in [0.05, 0.1) is 11.1 Å². The largest absolute Gasteiger partial charge is 0.321 e. The molecule has 0 radical (unpaired) electrons. The van der Waals surface area contributed by atoms with E-state index in [0.29, 0.717) is 0 Å². The van der Waals surface area contributed by atoms with Crippen molar-refractivity contribution < 1.29 is 0 Å². The van der Waals surface area contributed by atoms with Crippen molar-refractivity contribution in [1.82, 2.24) is 30.1 Å². The van der Waals surface area contributed by atoms with Gasteiger partial charge in [-0.05, 0) is 93.6 Å². The van der Waals surface area contributed by atoms with E-state index in [1.807, 2.05) is 17.7 Å². The summed E-state index contributed by atoms with van der Waals surface area (Å²) in [5.41, 5.74) is 3.60. The predicted octanol–water partition coefficient (Wildman–Crippen LogP) is 3.85. The summed E-state index contributed by atoms with van der Waals surface area (Å²) in [6.07, 6.45) is 4.36. The highest BCUT2D eigenvalue weighted by Crippen LogP contribution is 2.32. The van der Waals surface area contributed by atoms with E-state index in [1.54, 1.807) is 0 Å². The number of aromatic amines is 1. The van der Waals surface area contributed by atoms with Gasteiger partial charge in [-0.2, -0.15) is 0 Å². The summed E-state index contributed by atoms with van der Waals surface area (Å²) >= 11 is 0. The third-order valence-electron chi connectivity index (χ3n) is 6.55. The first kappa shape index (κ1) is 20.7. The van der Waals surface area contributed by atoms with Crippen molar-refractivity contribution in [3.8, 4) is 0 Å². The van der Waals surface area contributed by atoms with E-state index < -0.39 is 0 Å². The van der Waals surface area contributed by atoms with Gasteiger partial charge in [-0.15, -0.1) is 5.10 Å². The molecule has 4 rings (SSSR count). The van der Waals surface area contributed by atoms with E-state index in [-0.39, 0.29) is 17.1 Å². The zero-order chi connectivity index (χ0) is 21.5. The molecule has 7 nitrogen and oxygen atoms in total. The zero-order valence-electron chi connectivity index (χ0n) is 18.7. The van der Waals surface area contributed by atoms with Gasteiger partial charge in [0.25, 0.3) is 5.56 Å². The minimum Gasteiger partial charge on any atom is -0.321 e. The van der Waals surface area contributed by atoms with Crippen molar-refractivity contribution >= 4 is 10.9 Å². The van der Waals surface area contributed by atoms with Crippen LogP contribution in [0.4, 0.5) is 0 Å². The molecule has 3 heterocycles. The number of aromatic nitrogens is 5. The van der Waals surface area contributed by atoms with Crippen LogP contribution in [0, 0.1) is 13.8 Å². The Balaban J connectivity index is 1.93. The molecule has 30 heavy (non-hydrogen) atoms. The quantitative estimate of drug-likeness (QED) is 0.694. The average molecular weight is 409 g/mol. The number of benzene rings is 1. The van der Waals surface area contributed by atoms with Crippen molar-refractivity contribution in [3.63, 3.8) is 0 Å². The Morgan fingerprint density at radius 2 is 1.87 bits per heavy atom. The summed E-state index contributed by atoms with van der Waals surface area (Å²) in [4.78, 5) is 18.8. The molecule has 1 atom stereocenters. The normalized spacial score (nSPS) is 16.8. The molecule has 0 spiro atoms. The Morgan fingerprint density at radius 1 is 1.13 bits per heavy atom. The van der Waals surface area contributed by atoms with Crippen LogP contribution in [-0.4, -0.2) is 43.2 Å². The van der Waals surface area contributed by atoms with Gasteiger partial charge in [0, 0.05) is 5.56 Å². The first-order valence-electron chi connectivity index (χ1n) is 11.0. The molecule has 2 aromatic heterocycles. The van der Waals surface area contributed by atoms with E-state index in [0.717, 1.165) is 60.2 Å². The lowest BCUT2D eigenvalue weighted by atomic mass is 9.97. The Hall–Kier alpha value is -2.54. The minimum atomic E-state index is -0.264. The third kappa shape index (κ3) is 3.67. The van der Waals surface area contributed by atoms with Crippen LogP contribution < -0.4 is 5.56 Å². The summed E-state index contributed by atoms with van der Waals surface area (Å²) < 4.78 is 1.91. The highest BCUT2D eigenvalue weighted by molar-refractivity contribution is 5.83. The maximum atomic E-state index is 13.3. The molecule has 3 aromatic rings. The molecule has 1 aliphatic rings. The van der Waals surface area contributed by atoms with E-state index in [1.165, 1.54) is 12.0 Å². The Morgan fingerprint density at radius 3 is 2.57 bits per heavy atom. The fourth-order valence-corrected chi connectivity index (χ4v) is 4.53. The fourth-order valence-electron chi connectivity index (χ4n) is 4.53. The molecule has 1 N–H and O–H groups in total. The van der Waals surface area contributed by atoms with E-state index in [2.05, 4.69) is 65.2 Å². The SMILES string of the molecule is CCC(C)(C)n1nnnc1C(c1cc2cc(C)cc(C)c2[nH]c1=O)N1CCCCC1. The molecular weight excluding hydrogens is 376 g/mol. The lowest BCUT2D eigenvalue weighted by Gasteiger charge is -2.35. The summed E-state index contributed by atoms with van der Waals surface area (Å²) in [5, 5.41) is 13.9. The van der Waals surface area contributed by atoms with Crippen LogP contribution in [0.3, 0.4) is 0 Å². The van der Waals surface area contributed by atoms with Gasteiger partial charge >= 0.3 is 0 Å². The summed E-state index contributed by atoms with van der Waals surface area (Å²) in [5.74, 6) is 0.748. The predicted molar refractivity (Wildman–Crippen MR) is 119 cm³/mol. The first-order valence-corrected chi connectivity index (χ1v) is 11.0. The standard InChI is InChI=1S/C23H32N6O/c1-6-23(4,5)29-21(25-26-27-29)20(28-10-8-7-9-11-28)18-14-17-13-15(2)12-16(3)19(17)24-22(18)30/h12-14,20H,6-11H2,1-5H3,(H,24,30). The van der Waals surface area contributed by atoms with Gasteiger partial charge in [0.1, 0.15) is 6.04 Å². The number of fused-ring (bicyclic) bond motifs is 1. The van der Waals surface area contributed by atoms with Gasteiger partial charge in [0.2, 0.25) is 0 Å². The maximum Gasteiger partial charge on any atom is 0.253 e. The van der Waals surface area contributed by atoms with Crippen LogP contribution >= 0.6 is 0 Å². The zero-order valence-corrected chi connectivity index (χ0v) is 18.7. The molecule has 0 saturated carbocycles. The minimum absolute atomic E-state index is 0.0612. The number of piperidine rings is 1. The van der Waals surface area contributed by atoms with Crippen LogP contribution in [0.1, 0.15) is 75.0 Å². The molecule has 0 aliphatic carbocycles. The number of pyridine rings is 1. The molecule has 1 aliphatic heterocycles. The van der Waals surface area contributed by atoms with Crippen molar-refractivity contribution in [1.29, 1.82) is 0 Å². The lowest BCUT2D eigenvalue weighted by Crippen LogP contribution is -2.40. The fraction of sp³-hybridized carbons (Fsp3) is 0.565. The second kappa shape index (κ2) is 7.95. The molecular formula is C23H32N6O. The molecule has 160 valence electrons. The summed E-state index contributed by atoms with van der Waals surface area (Å²) in [6, 6.07) is 6.02. The number of hydrogen-bond acceptors (Lipinski definition) is 5. The van der Waals surface area contributed by atoms with Crippen LogP contribution in [-0.2, 0) is 5.54 Å². The number of tetrazole rings is 1. The second-order valence-electron chi connectivity index (χ2n) is 9.21. The lowest BCUT2D eigenvalue weighted by molar-refractivity contribution is 0.167. The average Bonchev–Trinajstić information content (AvgIpc) is 3.20. The Bertz CT molecular complexity index is 1110. The molecule has 0 amide bonds. The Kier molecular flexibility index (Phi) is 5.49. The third-order valence-corrected chi connectivity index (χ3v) is 6.55. The van der Waals surface area contributed by atoms with E-state index in [4.69, 9.17) is 0 Å². The highest BCUT2D eigenvalue weighted by atomic mass is 16.1. The molecule has 1 fully saturated rings. The first-order chi connectivity index (χ1) is 14.3. The van der Waals surface area contributed by atoms with Crippen molar-refractivity contribution in [3.05, 3.63) is 51.1 Å². The smallest absolute Gasteiger partial charge is 0.253 e. The molecule has 1 aromatic carbocycles.